The molecular formula is C22H24N4O3. The van der Waals surface area contributed by atoms with E-state index in [2.05, 4.69) is 20.6 Å². The molecule has 1 heterocycles. The molecule has 0 unspecified atom stereocenters. The van der Waals surface area contributed by atoms with E-state index < -0.39 is 0 Å². The summed E-state index contributed by atoms with van der Waals surface area (Å²) in [4.78, 5) is 20.7. The minimum absolute atomic E-state index is 0.00678. The smallest absolute Gasteiger partial charge is 0.325 e. The van der Waals surface area contributed by atoms with Crippen LogP contribution in [0, 0.1) is 6.92 Å². The average molecular weight is 392 g/mol. The number of carbonyl (C=O) groups excluding carboxylic acids is 1. The third-order valence-electron chi connectivity index (χ3n) is 4.16. The first-order valence-electron chi connectivity index (χ1n) is 9.34. The second kappa shape index (κ2) is 9.54. The first-order chi connectivity index (χ1) is 14.1. The van der Waals surface area contributed by atoms with Crippen molar-refractivity contribution in [3.8, 4) is 17.0 Å². The first-order valence-corrected chi connectivity index (χ1v) is 9.34. The Hall–Kier alpha value is -3.61. The van der Waals surface area contributed by atoms with Gasteiger partial charge in [0, 0.05) is 17.3 Å². The van der Waals surface area contributed by atoms with E-state index in [0.29, 0.717) is 18.4 Å². The van der Waals surface area contributed by atoms with Crippen LogP contribution < -0.4 is 15.4 Å². The highest BCUT2D eigenvalue weighted by Gasteiger charge is 2.10. The summed E-state index contributed by atoms with van der Waals surface area (Å²) in [6, 6.07) is 17.5. The van der Waals surface area contributed by atoms with Crippen molar-refractivity contribution in [2.24, 2.45) is 0 Å². The van der Waals surface area contributed by atoms with E-state index in [-0.39, 0.29) is 12.5 Å². The number of aromatic nitrogens is 2. The molecule has 1 aromatic heterocycles. The van der Waals surface area contributed by atoms with E-state index >= 15 is 0 Å². The summed E-state index contributed by atoms with van der Waals surface area (Å²) in [5.41, 5.74) is 3.57. The number of methoxy groups -OCH3 is 1. The van der Waals surface area contributed by atoms with E-state index in [0.717, 1.165) is 28.3 Å². The molecule has 0 saturated carbocycles. The van der Waals surface area contributed by atoms with E-state index in [1.807, 2.05) is 61.5 Å². The highest BCUT2D eigenvalue weighted by atomic mass is 16.5. The molecule has 0 saturated heterocycles. The van der Waals surface area contributed by atoms with Crippen molar-refractivity contribution in [2.45, 2.75) is 13.8 Å². The second-order valence-corrected chi connectivity index (χ2v) is 6.30. The van der Waals surface area contributed by atoms with Crippen LogP contribution in [0.5, 0.6) is 5.75 Å². The van der Waals surface area contributed by atoms with Gasteiger partial charge in [0.1, 0.15) is 18.1 Å². The van der Waals surface area contributed by atoms with E-state index in [9.17, 15) is 4.79 Å². The maximum atomic E-state index is 11.7. The van der Waals surface area contributed by atoms with Gasteiger partial charge in [-0.1, -0.05) is 30.3 Å². The summed E-state index contributed by atoms with van der Waals surface area (Å²) in [6.07, 6.45) is 0. The van der Waals surface area contributed by atoms with Gasteiger partial charge in [-0.25, -0.2) is 4.98 Å². The Morgan fingerprint density at radius 1 is 1.07 bits per heavy atom. The molecule has 0 spiro atoms. The van der Waals surface area contributed by atoms with Crippen molar-refractivity contribution in [2.75, 3.05) is 30.9 Å². The summed E-state index contributed by atoms with van der Waals surface area (Å²) in [7, 11) is 1.65. The Morgan fingerprint density at radius 3 is 2.55 bits per heavy atom. The summed E-state index contributed by atoms with van der Waals surface area (Å²) in [5.74, 6) is 1.41. The number of ether oxygens (including phenoxy) is 2. The largest absolute Gasteiger partial charge is 0.496 e. The maximum absolute atomic E-state index is 11.7. The lowest BCUT2D eigenvalue weighted by Gasteiger charge is -2.12. The third-order valence-corrected chi connectivity index (χ3v) is 4.16. The monoisotopic (exact) mass is 392 g/mol. The Labute approximate surface area is 170 Å². The number of rotatable bonds is 8. The summed E-state index contributed by atoms with van der Waals surface area (Å²) < 4.78 is 10.3. The molecule has 0 amide bonds. The van der Waals surface area contributed by atoms with Crippen molar-refractivity contribution in [1.82, 2.24) is 9.97 Å². The lowest BCUT2D eigenvalue weighted by atomic mass is 10.1. The van der Waals surface area contributed by atoms with Gasteiger partial charge in [0.25, 0.3) is 0 Å². The van der Waals surface area contributed by atoms with Crippen LogP contribution in [-0.2, 0) is 9.53 Å². The molecule has 0 radical (unpaired) electrons. The lowest BCUT2D eigenvalue weighted by molar-refractivity contribution is -0.140. The zero-order valence-corrected chi connectivity index (χ0v) is 16.7. The molecule has 3 aromatic rings. The predicted octanol–water partition coefficient (Wildman–Crippen LogP) is 4.18. The van der Waals surface area contributed by atoms with Crippen LogP contribution in [0.2, 0.25) is 0 Å². The topological polar surface area (TPSA) is 85.4 Å². The van der Waals surface area contributed by atoms with Gasteiger partial charge < -0.3 is 20.1 Å². The molecule has 29 heavy (non-hydrogen) atoms. The summed E-state index contributed by atoms with van der Waals surface area (Å²) in [6.45, 7) is 4.07. The van der Waals surface area contributed by atoms with Crippen LogP contribution in [-0.4, -0.2) is 36.2 Å². The molecule has 2 aromatic carbocycles. The van der Waals surface area contributed by atoms with Gasteiger partial charge in [-0.3, -0.25) is 4.79 Å². The number of anilines is 3. The molecule has 0 aliphatic rings. The third kappa shape index (κ3) is 5.44. The summed E-state index contributed by atoms with van der Waals surface area (Å²) in [5, 5.41) is 6.23. The van der Waals surface area contributed by atoms with Crippen molar-refractivity contribution in [1.29, 1.82) is 0 Å². The van der Waals surface area contributed by atoms with E-state index in [4.69, 9.17) is 9.47 Å². The fraction of sp³-hybridized carbons (Fsp3) is 0.227. The molecular weight excluding hydrogens is 368 g/mol. The standard InChI is InChI=1S/C22H24N4O3/c1-4-29-21(27)14-23-22-25-18(16-8-6-5-7-9-16)13-20(26-22)24-17-10-11-19(28-3)15(2)12-17/h5-13H,4,14H2,1-3H3,(H2,23,24,25,26). The summed E-state index contributed by atoms with van der Waals surface area (Å²) >= 11 is 0. The number of nitrogens with zero attached hydrogens (tertiary/aromatic N) is 2. The van der Waals surface area contributed by atoms with Crippen LogP contribution in [0.3, 0.4) is 0 Å². The fourth-order valence-corrected chi connectivity index (χ4v) is 2.81. The van der Waals surface area contributed by atoms with Crippen molar-refractivity contribution in [3.05, 3.63) is 60.2 Å². The number of hydrogen-bond acceptors (Lipinski definition) is 7. The number of nitrogens with one attached hydrogen (secondary N) is 2. The number of benzene rings is 2. The molecule has 150 valence electrons. The molecule has 0 fully saturated rings. The normalized spacial score (nSPS) is 10.3. The lowest BCUT2D eigenvalue weighted by Crippen LogP contribution is -2.18. The number of esters is 1. The fourth-order valence-electron chi connectivity index (χ4n) is 2.81. The predicted molar refractivity (Wildman–Crippen MR) is 114 cm³/mol. The SMILES string of the molecule is CCOC(=O)CNc1nc(Nc2ccc(OC)c(C)c2)cc(-c2ccccc2)n1. The quantitative estimate of drug-likeness (QED) is 0.556. The minimum atomic E-state index is -0.360. The van der Waals surface area contributed by atoms with Gasteiger partial charge in [0.05, 0.1) is 19.4 Å². The van der Waals surface area contributed by atoms with Gasteiger partial charge in [-0.2, -0.15) is 4.98 Å². The molecule has 0 aliphatic heterocycles. The highest BCUT2D eigenvalue weighted by Crippen LogP contribution is 2.26. The Bertz CT molecular complexity index is 977. The number of hydrogen-bond donors (Lipinski definition) is 2. The zero-order chi connectivity index (χ0) is 20.6. The van der Waals surface area contributed by atoms with Crippen molar-refractivity contribution >= 4 is 23.4 Å². The van der Waals surface area contributed by atoms with Crippen LogP contribution in [0.25, 0.3) is 11.3 Å². The molecule has 0 atom stereocenters. The van der Waals surface area contributed by atoms with Crippen molar-refractivity contribution < 1.29 is 14.3 Å². The van der Waals surface area contributed by atoms with Crippen LogP contribution in [0.15, 0.2) is 54.6 Å². The zero-order valence-electron chi connectivity index (χ0n) is 16.7. The van der Waals surface area contributed by atoms with Crippen LogP contribution >= 0.6 is 0 Å². The Kier molecular flexibility index (Phi) is 6.63. The van der Waals surface area contributed by atoms with Gasteiger partial charge >= 0.3 is 5.97 Å². The Balaban J connectivity index is 1.89. The van der Waals surface area contributed by atoms with Gasteiger partial charge in [-0.05, 0) is 37.6 Å². The molecule has 0 bridgehead atoms. The molecule has 2 N–H and O–H groups in total. The first kappa shape index (κ1) is 20.1. The van der Waals surface area contributed by atoms with Crippen LogP contribution in [0.1, 0.15) is 12.5 Å². The number of carbonyl (C=O) groups is 1. The maximum Gasteiger partial charge on any atom is 0.325 e. The van der Waals surface area contributed by atoms with E-state index in [1.165, 1.54) is 0 Å². The molecule has 7 nitrogen and oxygen atoms in total. The number of aryl methyl sites for hydroxylation is 1. The van der Waals surface area contributed by atoms with Crippen LogP contribution in [0.4, 0.5) is 17.5 Å². The second-order valence-electron chi connectivity index (χ2n) is 6.30. The van der Waals surface area contributed by atoms with Gasteiger partial charge in [0.2, 0.25) is 5.95 Å². The average Bonchev–Trinajstić information content (AvgIpc) is 2.73. The van der Waals surface area contributed by atoms with Gasteiger partial charge in [-0.15, -0.1) is 0 Å². The Morgan fingerprint density at radius 2 is 1.86 bits per heavy atom. The molecule has 0 aliphatic carbocycles. The van der Waals surface area contributed by atoms with Gasteiger partial charge in [0.15, 0.2) is 0 Å². The van der Waals surface area contributed by atoms with E-state index in [1.54, 1.807) is 14.0 Å². The minimum Gasteiger partial charge on any atom is -0.496 e. The highest BCUT2D eigenvalue weighted by molar-refractivity contribution is 5.75. The van der Waals surface area contributed by atoms with Crippen molar-refractivity contribution in [3.63, 3.8) is 0 Å². The molecule has 3 rings (SSSR count). The molecule has 7 heteroatoms.